The monoisotopic (exact) mass is 245 g/mol. The lowest BCUT2D eigenvalue weighted by Gasteiger charge is -2.26. The second-order valence-electron chi connectivity index (χ2n) is 4.62. The van der Waals surface area contributed by atoms with E-state index in [1.54, 1.807) is 6.26 Å². The maximum absolute atomic E-state index is 11.8. The van der Waals surface area contributed by atoms with E-state index in [4.69, 9.17) is 4.42 Å². The largest absolute Gasteiger partial charge is 0.468 e. The molecule has 2 aromatic rings. The fraction of sp³-hybridized carbons (Fsp3) is 0.385. The van der Waals surface area contributed by atoms with Crippen molar-refractivity contribution in [3.63, 3.8) is 0 Å². The molecule has 1 N–H and O–H groups in total. The lowest BCUT2D eigenvalue weighted by molar-refractivity contribution is 0.221. The SMILES string of the molecule is Cc1nc2c(c(=O)[nH]1)CCN(Cc1ccco1)C2. The summed E-state index contributed by atoms with van der Waals surface area (Å²) >= 11 is 0. The highest BCUT2D eigenvalue weighted by atomic mass is 16.3. The van der Waals surface area contributed by atoms with Gasteiger partial charge in [-0.05, 0) is 25.5 Å². The Balaban J connectivity index is 1.82. The van der Waals surface area contributed by atoms with Crippen LogP contribution in [0.3, 0.4) is 0 Å². The Morgan fingerprint density at radius 3 is 3.22 bits per heavy atom. The van der Waals surface area contributed by atoms with Gasteiger partial charge in [0.1, 0.15) is 11.6 Å². The molecule has 1 aliphatic rings. The lowest BCUT2D eigenvalue weighted by Crippen LogP contribution is -2.35. The van der Waals surface area contributed by atoms with Crippen LogP contribution in [0.25, 0.3) is 0 Å². The first-order chi connectivity index (χ1) is 8.72. The van der Waals surface area contributed by atoms with E-state index in [9.17, 15) is 4.79 Å². The summed E-state index contributed by atoms with van der Waals surface area (Å²) in [5.41, 5.74) is 1.74. The van der Waals surface area contributed by atoms with Crippen LogP contribution in [-0.2, 0) is 19.5 Å². The molecule has 94 valence electrons. The molecule has 0 bridgehead atoms. The van der Waals surface area contributed by atoms with E-state index < -0.39 is 0 Å². The molecule has 18 heavy (non-hydrogen) atoms. The van der Waals surface area contributed by atoms with Crippen LogP contribution >= 0.6 is 0 Å². The molecule has 5 heteroatoms. The molecule has 0 atom stereocenters. The van der Waals surface area contributed by atoms with Crippen molar-refractivity contribution in [2.24, 2.45) is 0 Å². The molecule has 0 fully saturated rings. The van der Waals surface area contributed by atoms with Crippen molar-refractivity contribution < 1.29 is 4.42 Å². The Labute approximate surface area is 104 Å². The van der Waals surface area contributed by atoms with Gasteiger partial charge >= 0.3 is 0 Å². The molecule has 0 saturated carbocycles. The Hall–Kier alpha value is -1.88. The van der Waals surface area contributed by atoms with Crippen molar-refractivity contribution in [2.75, 3.05) is 6.54 Å². The zero-order chi connectivity index (χ0) is 12.5. The maximum atomic E-state index is 11.8. The number of nitrogens with one attached hydrogen (secondary N) is 1. The number of furan rings is 1. The number of hydrogen-bond acceptors (Lipinski definition) is 4. The van der Waals surface area contributed by atoms with Crippen LogP contribution in [0.4, 0.5) is 0 Å². The first-order valence-electron chi connectivity index (χ1n) is 6.06. The molecule has 0 radical (unpaired) electrons. The summed E-state index contributed by atoms with van der Waals surface area (Å²) < 4.78 is 5.34. The molecule has 2 aromatic heterocycles. The van der Waals surface area contributed by atoms with Gasteiger partial charge in [-0.2, -0.15) is 0 Å². The second-order valence-corrected chi connectivity index (χ2v) is 4.62. The number of nitrogens with zero attached hydrogens (tertiary/aromatic N) is 2. The van der Waals surface area contributed by atoms with Gasteiger partial charge in [0.05, 0.1) is 18.5 Å². The van der Waals surface area contributed by atoms with Gasteiger partial charge in [-0.1, -0.05) is 0 Å². The summed E-state index contributed by atoms with van der Waals surface area (Å²) in [7, 11) is 0. The number of aromatic nitrogens is 2. The van der Waals surface area contributed by atoms with Gasteiger partial charge in [0.2, 0.25) is 0 Å². The first kappa shape index (κ1) is 11.2. The van der Waals surface area contributed by atoms with Crippen molar-refractivity contribution in [3.8, 4) is 0 Å². The molecule has 0 amide bonds. The van der Waals surface area contributed by atoms with Crippen LogP contribution < -0.4 is 5.56 Å². The zero-order valence-corrected chi connectivity index (χ0v) is 10.3. The first-order valence-corrected chi connectivity index (χ1v) is 6.06. The van der Waals surface area contributed by atoms with E-state index >= 15 is 0 Å². The van der Waals surface area contributed by atoms with Gasteiger partial charge in [-0.25, -0.2) is 4.98 Å². The number of aromatic amines is 1. The van der Waals surface area contributed by atoms with Gasteiger partial charge in [-0.3, -0.25) is 9.69 Å². The lowest BCUT2D eigenvalue weighted by atomic mass is 10.1. The maximum Gasteiger partial charge on any atom is 0.254 e. The second kappa shape index (κ2) is 4.42. The van der Waals surface area contributed by atoms with Gasteiger partial charge in [0.25, 0.3) is 5.56 Å². The van der Waals surface area contributed by atoms with Crippen molar-refractivity contribution in [2.45, 2.75) is 26.4 Å². The van der Waals surface area contributed by atoms with Crippen molar-refractivity contribution in [3.05, 3.63) is 51.6 Å². The third-order valence-corrected chi connectivity index (χ3v) is 3.23. The van der Waals surface area contributed by atoms with Crippen LogP contribution in [0.5, 0.6) is 0 Å². The summed E-state index contributed by atoms with van der Waals surface area (Å²) in [4.78, 5) is 21.2. The molecular formula is C13H15N3O2. The average molecular weight is 245 g/mol. The Kier molecular flexibility index (Phi) is 2.76. The number of hydrogen-bond donors (Lipinski definition) is 1. The molecule has 1 aliphatic heterocycles. The fourth-order valence-corrected chi connectivity index (χ4v) is 2.38. The number of fused-ring (bicyclic) bond motifs is 1. The highest BCUT2D eigenvalue weighted by Crippen LogP contribution is 2.16. The summed E-state index contributed by atoms with van der Waals surface area (Å²) in [5.74, 6) is 1.62. The van der Waals surface area contributed by atoms with Crippen molar-refractivity contribution in [1.29, 1.82) is 0 Å². The highest BCUT2D eigenvalue weighted by molar-refractivity contribution is 5.20. The topological polar surface area (TPSA) is 62.1 Å². The molecule has 0 saturated heterocycles. The van der Waals surface area contributed by atoms with Gasteiger partial charge in [0, 0.05) is 18.7 Å². The summed E-state index contributed by atoms with van der Waals surface area (Å²) in [6.07, 6.45) is 2.43. The molecule has 0 spiro atoms. The van der Waals surface area contributed by atoms with Gasteiger partial charge < -0.3 is 9.40 Å². The van der Waals surface area contributed by atoms with E-state index in [1.165, 1.54) is 0 Å². The molecule has 0 aromatic carbocycles. The summed E-state index contributed by atoms with van der Waals surface area (Å²) in [6, 6.07) is 3.85. The molecule has 0 unspecified atom stereocenters. The number of H-pyrrole nitrogens is 1. The Bertz CT molecular complexity index is 601. The van der Waals surface area contributed by atoms with Gasteiger partial charge in [0.15, 0.2) is 0 Å². The Morgan fingerprint density at radius 2 is 2.44 bits per heavy atom. The van der Waals surface area contributed by atoms with E-state index in [1.807, 2.05) is 19.1 Å². The smallest absolute Gasteiger partial charge is 0.254 e. The van der Waals surface area contributed by atoms with Crippen LogP contribution in [0.1, 0.15) is 22.8 Å². The predicted octanol–water partition coefficient (Wildman–Crippen LogP) is 1.23. The van der Waals surface area contributed by atoms with Crippen molar-refractivity contribution >= 4 is 0 Å². The minimum Gasteiger partial charge on any atom is -0.468 e. The van der Waals surface area contributed by atoms with Crippen molar-refractivity contribution in [1.82, 2.24) is 14.9 Å². The molecule has 3 heterocycles. The van der Waals surface area contributed by atoms with Crippen LogP contribution in [0.2, 0.25) is 0 Å². The van der Waals surface area contributed by atoms with E-state index in [0.29, 0.717) is 12.4 Å². The van der Waals surface area contributed by atoms with Gasteiger partial charge in [-0.15, -0.1) is 0 Å². The number of aryl methyl sites for hydroxylation is 1. The third-order valence-electron chi connectivity index (χ3n) is 3.23. The Morgan fingerprint density at radius 1 is 1.56 bits per heavy atom. The molecule has 3 rings (SSSR count). The minimum atomic E-state index is 0.00940. The predicted molar refractivity (Wildman–Crippen MR) is 66.1 cm³/mol. The number of rotatable bonds is 2. The normalized spacial score (nSPS) is 15.6. The van der Waals surface area contributed by atoms with E-state index in [-0.39, 0.29) is 5.56 Å². The minimum absolute atomic E-state index is 0.00940. The zero-order valence-electron chi connectivity index (χ0n) is 10.3. The standard InChI is InChI=1S/C13H15N3O2/c1-9-14-12-8-16(7-10-3-2-6-18-10)5-4-11(12)13(17)15-9/h2-3,6H,4-5,7-8H2,1H3,(H,14,15,17). The fourth-order valence-electron chi connectivity index (χ4n) is 2.38. The van der Waals surface area contributed by atoms with Crippen LogP contribution in [-0.4, -0.2) is 21.4 Å². The van der Waals surface area contributed by atoms with E-state index in [2.05, 4.69) is 14.9 Å². The molecular weight excluding hydrogens is 230 g/mol. The van der Waals surface area contributed by atoms with Crippen LogP contribution in [0, 0.1) is 6.92 Å². The van der Waals surface area contributed by atoms with E-state index in [0.717, 1.165) is 36.5 Å². The molecule has 0 aliphatic carbocycles. The average Bonchev–Trinajstić information content (AvgIpc) is 2.81. The highest BCUT2D eigenvalue weighted by Gasteiger charge is 2.20. The quantitative estimate of drug-likeness (QED) is 0.864. The summed E-state index contributed by atoms with van der Waals surface area (Å²) in [6.45, 7) is 4.15. The summed E-state index contributed by atoms with van der Waals surface area (Å²) in [5, 5.41) is 0. The third kappa shape index (κ3) is 2.09. The molecule has 5 nitrogen and oxygen atoms in total. The van der Waals surface area contributed by atoms with Crippen LogP contribution in [0.15, 0.2) is 27.6 Å².